The van der Waals surface area contributed by atoms with Crippen LogP contribution in [0.15, 0.2) is 22.7 Å². The minimum atomic E-state index is -0.0348. The van der Waals surface area contributed by atoms with E-state index in [1.54, 1.807) is 9.13 Å². The zero-order chi connectivity index (χ0) is 15.6. The number of imidazole rings is 1. The summed E-state index contributed by atoms with van der Waals surface area (Å²) in [5.74, 6) is 0. The van der Waals surface area contributed by atoms with E-state index in [1.165, 1.54) is 0 Å². The van der Waals surface area contributed by atoms with Gasteiger partial charge in [0, 0.05) is 8.95 Å². The van der Waals surface area contributed by atoms with E-state index in [0.29, 0.717) is 26.3 Å². The lowest BCUT2D eigenvalue weighted by molar-refractivity contribution is 0.372. The van der Waals surface area contributed by atoms with Crippen LogP contribution in [-0.4, -0.2) is 34.6 Å². The highest BCUT2D eigenvalue weighted by Gasteiger charge is 2.31. The van der Waals surface area contributed by atoms with Gasteiger partial charge in [-0.15, -0.1) is 0 Å². The summed E-state index contributed by atoms with van der Waals surface area (Å²) in [6, 6.07) is 0. The predicted octanol–water partition coefficient (Wildman–Crippen LogP) is 3.65. The molecule has 0 N–H and O–H groups in total. The molecule has 22 heavy (non-hydrogen) atoms. The van der Waals surface area contributed by atoms with Gasteiger partial charge in [0.2, 0.25) is 0 Å². The highest BCUT2D eigenvalue weighted by molar-refractivity contribution is 9.15. The molecule has 1 aromatic carbocycles. The molecule has 118 valence electrons. The van der Waals surface area contributed by atoms with Crippen LogP contribution < -0.4 is 5.69 Å². The summed E-state index contributed by atoms with van der Waals surface area (Å²) in [4.78, 5) is 12.9. The van der Waals surface area contributed by atoms with Gasteiger partial charge in [0.25, 0.3) is 0 Å². The lowest BCUT2D eigenvalue weighted by atomic mass is 10.3. The Balaban J connectivity index is 2.03. The standard InChI is InChI=1S/C13H10Br4N2O3/c14-7-8(15)10(17)12-11(9(7)16)18(1-5-3-21-5)13(20)19(12)2-6-4-22-6/h5-6H,1-4H2. The van der Waals surface area contributed by atoms with Crippen LogP contribution in [0, 0.1) is 0 Å². The van der Waals surface area contributed by atoms with Crippen LogP contribution in [0.25, 0.3) is 11.0 Å². The number of nitrogens with zero attached hydrogens (tertiary/aromatic N) is 2. The molecule has 0 radical (unpaired) electrons. The molecule has 1 aromatic heterocycles. The first kappa shape index (κ1) is 15.8. The molecule has 0 bridgehead atoms. The van der Waals surface area contributed by atoms with E-state index in [1.807, 2.05) is 0 Å². The molecule has 2 aromatic rings. The van der Waals surface area contributed by atoms with E-state index in [9.17, 15) is 4.79 Å². The largest absolute Gasteiger partial charge is 0.371 e. The van der Waals surface area contributed by atoms with Crippen LogP contribution in [-0.2, 0) is 22.6 Å². The van der Waals surface area contributed by atoms with Crippen molar-refractivity contribution in [3.05, 3.63) is 28.4 Å². The molecule has 5 nitrogen and oxygen atoms in total. The molecule has 2 atom stereocenters. The minimum Gasteiger partial charge on any atom is -0.371 e. The Kier molecular flexibility index (Phi) is 4.10. The van der Waals surface area contributed by atoms with Crippen LogP contribution in [0.5, 0.6) is 0 Å². The van der Waals surface area contributed by atoms with Crippen LogP contribution in [0.3, 0.4) is 0 Å². The summed E-state index contributed by atoms with van der Waals surface area (Å²) in [6.45, 7) is 2.54. The third-order valence-corrected chi connectivity index (χ3v) is 8.52. The second-order valence-electron chi connectivity index (χ2n) is 5.37. The van der Waals surface area contributed by atoms with Gasteiger partial charge in [-0.2, -0.15) is 0 Å². The topological polar surface area (TPSA) is 52.0 Å². The number of hydrogen-bond donors (Lipinski definition) is 0. The monoisotopic (exact) mass is 558 g/mol. The maximum Gasteiger partial charge on any atom is 0.329 e. The van der Waals surface area contributed by atoms with Crippen molar-refractivity contribution in [2.45, 2.75) is 25.3 Å². The number of ether oxygens (including phenoxy) is 2. The zero-order valence-corrected chi connectivity index (χ0v) is 17.5. The van der Waals surface area contributed by atoms with E-state index in [2.05, 4.69) is 63.7 Å². The SMILES string of the molecule is O=c1n(CC2CO2)c2c(Br)c(Br)c(Br)c(Br)c2n1CC1CO1. The molecular weight excluding hydrogens is 552 g/mol. The fourth-order valence-electron chi connectivity index (χ4n) is 2.53. The van der Waals surface area contributed by atoms with Gasteiger partial charge in [0.05, 0.1) is 58.5 Å². The van der Waals surface area contributed by atoms with Crippen molar-refractivity contribution in [1.29, 1.82) is 0 Å². The maximum atomic E-state index is 12.9. The van der Waals surface area contributed by atoms with Crippen LogP contribution in [0.1, 0.15) is 0 Å². The Morgan fingerprint density at radius 2 is 1.18 bits per heavy atom. The van der Waals surface area contributed by atoms with Crippen molar-refractivity contribution < 1.29 is 9.47 Å². The predicted molar refractivity (Wildman–Crippen MR) is 96.5 cm³/mol. The van der Waals surface area contributed by atoms with E-state index in [4.69, 9.17) is 9.47 Å². The Labute approximate surface area is 159 Å². The van der Waals surface area contributed by atoms with Crippen LogP contribution in [0.2, 0.25) is 0 Å². The van der Waals surface area contributed by atoms with Gasteiger partial charge in [0.15, 0.2) is 0 Å². The summed E-state index contributed by atoms with van der Waals surface area (Å²) in [5, 5.41) is 0. The molecule has 0 amide bonds. The maximum absolute atomic E-state index is 12.9. The fraction of sp³-hybridized carbons (Fsp3) is 0.462. The summed E-state index contributed by atoms with van der Waals surface area (Å²) < 4.78 is 17.6. The number of halogens is 4. The van der Waals surface area contributed by atoms with E-state index >= 15 is 0 Å². The molecular formula is C13H10Br4N2O3. The van der Waals surface area contributed by atoms with E-state index in [0.717, 1.165) is 28.9 Å². The Morgan fingerprint density at radius 3 is 1.50 bits per heavy atom. The second-order valence-corrected chi connectivity index (χ2v) is 8.54. The first-order chi connectivity index (χ1) is 10.5. The molecule has 2 saturated heterocycles. The van der Waals surface area contributed by atoms with Crippen molar-refractivity contribution in [3.63, 3.8) is 0 Å². The third-order valence-electron chi connectivity index (χ3n) is 3.80. The van der Waals surface area contributed by atoms with Gasteiger partial charge in [-0.25, -0.2) is 4.79 Å². The summed E-state index contributed by atoms with van der Waals surface area (Å²) in [5.41, 5.74) is 1.69. The lowest BCUT2D eigenvalue weighted by Gasteiger charge is -2.09. The van der Waals surface area contributed by atoms with Crippen molar-refractivity contribution in [2.75, 3.05) is 13.2 Å². The summed E-state index contributed by atoms with van der Waals surface area (Å²) >= 11 is 14.3. The van der Waals surface area contributed by atoms with Gasteiger partial charge >= 0.3 is 5.69 Å². The average molecular weight is 562 g/mol. The molecule has 0 saturated carbocycles. The highest BCUT2D eigenvalue weighted by Crippen LogP contribution is 2.43. The zero-order valence-electron chi connectivity index (χ0n) is 11.1. The van der Waals surface area contributed by atoms with Gasteiger partial charge in [0.1, 0.15) is 0 Å². The highest BCUT2D eigenvalue weighted by atomic mass is 79.9. The number of benzene rings is 1. The Morgan fingerprint density at radius 1 is 0.818 bits per heavy atom. The minimum absolute atomic E-state index is 0.0348. The average Bonchev–Trinajstić information content (AvgIpc) is 3.38. The van der Waals surface area contributed by atoms with E-state index < -0.39 is 0 Å². The normalized spacial score (nSPS) is 23.3. The number of epoxide rings is 2. The van der Waals surface area contributed by atoms with Crippen LogP contribution in [0.4, 0.5) is 0 Å². The van der Waals surface area contributed by atoms with Crippen molar-refractivity contribution in [2.24, 2.45) is 0 Å². The number of fused-ring (bicyclic) bond motifs is 1. The van der Waals surface area contributed by atoms with Gasteiger partial charge in [-0.05, 0) is 63.7 Å². The quantitative estimate of drug-likeness (QED) is 0.325. The van der Waals surface area contributed by atoms with Crippen molar-refractivity contribution in [1.82, 2.24) is 9.13 Å². The molecule has 3 heterocycles. The van der Waals surface area contributed by atoms with Crippen molar-refractivity contribution in [3.8, 4) is 0 Å². The fourth-order valence-corrected chi connectivity index (χ4v) is 5.04. The molecule has 4 rings (SSSR count). The summed E-state index contributed by atoms with van der Waals surface area (Å²) in [7, 11) is 0. The number of hydrogen-bond acceptors (Lipinski definition) is 3. The third kappa shape index (κ3) is 2.57. The smallest absolute Gasteiger partial charge is 0.329 e. The number of aromatic nitrogens is 2. The molecule has 2 fully saturated rings. The first-order valence-corrected chi connectivity index (χ1v) is 9.84. The van der Waals surface area contributed by atoms with Gasteiger partial charge < -0.3 is 9.47 Å². The number of rotatable bonds is 4. The lowest BCUT2D eigenvalue weighted by Crippen LogP contribution is -2.27. The Bertz CT molecular complexity index is 770. The van der Waals surface area contributed by atoms with E-state index in [-0.39, 0.29) is 17.9 Å². The molecule has 0 aliphatic carbocycles. The van der Waals surface area contributed by atoms with Crippen molar-refractivity contribution >= 4 is 74.8 Å². The van der Waals surface area contributed by atoms with Crippen LogP contribution >= 0.6 is 63.7 Å². The molecule has 2 aliphatic heterocycles. The second kappa shape index (κ2) is 5.70. The molecule has 0 spiro atoms. The molecule has 2 unspecified atom stereocenters. The first-order valence-electron chi connectivity index (χ1n) is 6.67. The molecule has 9 heteroatoms. The van der Waals surface area contributed by atoms with Gasteiger partial charge in [-0.1, -0.05) is 0 Å². The van der Waals surface area contributed by atoms with Gasteiger partial charge in [-0.3, -0.25) is 9.13 Å². The summed E-state index contributed by atoms with van der Waals surface area (Å²) in [6.07, 6.45) is 0.254. The Hall–Kier alpha value is 0.330. The molecule has 2 aliphatic rings.